The van der Waals surface area contributed by atoms with Crippen LogP contribution in [-0.4, -0.2) is 28.2 Å². The highest BCUT2D eigenvalue weighted by molar-refractivity contribution is 6.11. The van der Waals surface area contributed by atoms with Crippen molar-refractivity contribution in [2.45, 2.75) is 6.42 Å². The van der Waals surface area contributed by atoms with Crippen LogP contribution in [0.15, 0.2) is 91.4 Å². The van der Waals surface area contributed by atoms with Crippen molar-refractivity contribution in [3.63, 3.8) is 0 Å². The zero-order valence-electron chi connectivity index (χ0n) is 18.3. The Labute approximate surface area is 191 Å². The zero-order valence-corrected chi connectivity index (χ0v) is 18.3. The molecule has 0 aliphatic carbocycles. The van der Waals surface area contributed by atoms with E-state index < -0.39 is 0 Å². The number of rotatable bonds is 3. The van der Waals surface area contributed by atoms with E-state index in [2.05, 4.69) is 88.4 Å². The number of hydrogen-bond acceptors (Lipinski definition) is 4. The normalized spacial score (nSPS) is 14.3. The van der Waals surface area contributed by atoms with Gasteiger partial charge in [-0.15, -0.1) is 0 Å². The minimum Gasteiger partial charge on any atom is -0.457 e. The van der Waals surface area contributed by atoms with E-state index in [1.165, 1.54) is 27.4 Å². The quantitative estimate of drug-likeness (QED) is 0.342. The second-order valence-electron chi connectivity index (χ2n) is 8.76. The van der Waals surface area contributed by atoms with Gasteiger partial charge in [-0.2, -0.15) is 0 Å². The molecule has 0 atom stereocenters. The summed E-state index contributed by atoms with van der Waals surface area (Å²) in [5, 5.41) is 2.48. The number of hydrogen-bond donors (Lipinski definition) is 0. The number of anilines is 1. The summed E-state index contributed by atoms with van der Waals surface area (Å²) in [6.45, 7) is 0.838. The molecule has 2 aromatic heterocycles. The van der Waals surface area contributed by atoms with E-state index in [0.717, 1.165) is 41.6 Å². The third-order valence-electron chi connectivity index (χ3n) is 6.57. The predicted molar refractivity (Wildman–Crippen MR) is 132 cm³/mol. The fourth-order valence-electron chi connectivity index (χ4n) is 5.08. The molecule has 0 unspecified atom stereocenters. The Morgan fingerprint density at radius 3 is 2.61 bits per heavy atom. The number of pyridine rings is 1. The van der Waals surface area contributed by atoms with E-state index in [0.29, 0.717) is 0 Å². The lowest BCUT2D eigenvalue weighted by molar-refractivity contribution is 0.481. The number of para-hydroxylation sites is 1. The van der Waals surface area contributed by atoms with Crippen molar-refractivity contribution in [3.8, 4) is 17.3 Å². The molecule has 0 saturated heterocycles. The van der Waals surface area contributed by atoms with Gasteiger partial charge in [0, 0.05) is 60.7 Å². The fraction of sp³-hybridized carbons (Fsp3) is 0.107. The van der Waals surface area contributed by atoms with Crippen LogP contribution in [0.4, 0.5) is 5.69 Å². The largest absolute Gasteiger partial charge is 0.457 e. The summed E-state index contributed by atoms with van der Waals surface area (Å²) < 4.78 is 8.65. The molecule has 0 amide bonds. The minimum atomic E-state index is 0.817. The SMILES string of the molecule is CN1C=CN(c2cccc(Oc3ccc4c5cccc6c5n(c4c3)-c3ncccc3C6)c2)C1. The van der Waals surface area contributed by atoms with Crippen molar-refractivity contribution in [1.82, 2.24) is 14.5 Å². The average molecular weight is 431 g/mol. The third-order valence-corrected chi connectivity index (χ3v) is 6.57. The van der Waals surface area contributed by atoms with E-state index >= 15 is 0 Å². The van der Waals surface area contributed by atoms with Crippen molar-refractivity contribution < 1.29 is 4.74 Å². The minimum absolute atomic E-state index is 0.817. The summed E-state index contributed by atoms with van der Waals surface area (Å²) in [4.78, 5) is 9.09. The Hall–Kier alpha value is -4.25. The first kappa shape index (κ1) is 18.3. The van der Waals surface area contributed by atoms with Crippen molar-refractivity contribution in [2.75, 3.05) is 18.6 Å². The maximum atomic E-state index is 6.35. The lowest BCUT2D eigenvalue weighted by Crippen LogP contribution is -2.21. The lowest BCUT2D eigenvalue weighted by Gasteiger charge is -2.19. The van der Waals surface area contributed by atoms with E-state index in [9.17, 15) is 0 Å². The monoisotopic (exact) mass is 430 g/mol. The van der Waals surface area contributed by atoms with Gasteiger partial charge in [-0.05, 0) is 41.5 Å². The molecule has 0 bridgehead atoms. The molecule has 0 saturated carbocycles. The van der Waals surface area contributed by atoms with Gasteiger partial charge in [-0.25, -0.2) is 4.98 Å². The molecule has 3 aromatic carbocycles. The molecule has 5 nitrogen and oxygen atoms in total. The van der Waals surface area contributed by atoms with Crippen LogP contribution < -0.4 is 9.64 Å². The summed E-state index contributed by atoms with van der Waals surface area (Å²) in [6.07, 6.45) is 6.95. The molecule has 0 spiro atoms. The van der Waals surface area contributed by atoms with Gasteiger partial charge >= 0.3 is 0 Å². The molecule has 2 aliphatic heterocycles. The smallest absolute Gasteiger partial charge is 0.141 e. The molecular weight excluding hydrogens is 408 g/mol. The molecule has 4 heterocycles. The Morgan fingerprint density at radius 2 is 1.70 bits per heavy atom. The lowest BCUT2D eigenvalue weighted by atomic mass is 10.00. The Balaban J connectivity index is 1.34. The molecule has 160 valence electrons. The predicted octanol–water partition coefficient (Wildman–Crippen LogP) is 6.06. The number of ether oxygens (including phenoxy) is 1. The van der Waals surface area contributed by atoms with Gasteiger partial charge in [0.2, 0.25) is 0 Å². The number of benzene rings is 3. The van der Waals surface area contributed by atoms with E-state index in [4.69, 9.17) is 9.72 Å². The Kier molecular flexibility index (Phi) is 3.82. The number of aromatic nitrogens is 2. The zero-order chi connectivity index (χ0) is 21.9. The van der Waals surface area contributed by atoms with Gasteiger partial charge in [-0.3, -0.25) is 4.57 Å². The van der Waals surface area contributed by atoms with Crippen LogP contribution in [0.3, 0.4) is 0 Å². The third kappa shape index (κ3) is 2.82. The summed E-state index contributed by atoms with van der Waals surface area (Å²) in [5.41, 5.74) is 6.07. The van der Waals surface area contributed by atoms with E-state index in [-0.39, 0.29) is 0 Å². The maximum Gasteiger partial charge on any atom is 0.141 e. The first-order valence-corrected chi connectivity index (χ1v) is 11.2. The number of nitrogens with zero attached hydrogens (tertiary/aromatic N) is 4. The topological polar surface area (TPSA) is 33.5 Å². The van der Waals surface area contributed by atoms with Crippen LogP contribution in [0.1, 0.15) is 11.1 Å². The maximum absolute atomic E-state index is 6.35. The van der Waals surface area contributed by atoms with Gasteiger partial charge < -0.3 is 14.5 Å². The highest BCUT2D eigenvalue weighted by Gasteiger charge is 2.23. The number of fused-ring (bicyclic) bond motifs is 5. The van der Waals surface area contributed by atoms with Gasteiger partial charge in [0.15, 0.2) is 0 Å². The second kappa shape index (κ2) is 6.87. The van der Waals surface area contributed by atoms with E-state index in [1.807, 2.05) is 24.4 Å². The first-order valence-electron chi connectivity index (χ1n) is 11.2. The highest BCUT2D eigenvalue weighted by Crippen LogP contribution is 2.40. The molecule has 7 rings (SSSR count). The first-order chi connectivity index (χ1) is 16.2. The Morgan fingerprint density at radius 1 is 0.818 bits per heavy atom. The second-order valence-corrected chi connectivity index (χ2v) is 8.76. The van der Waals surface area contributed by atoms with Gasteiger partial charge in [0.1, 0.15) is 17.3 Å². The molecular formula is C28H22N4O. The van der Waals surface area contributed by atoms with Crippen LogP contribution in [0.25, 0.3) is 27.6 Å². The van der Waals surface area contributed by atoms with Crippen molar-refractivity contribution >= 4 is 27.5 Å². The molecule has 5 heteroatoms. The van der Waals surface area contributed by atoms with Crippen LogP contribution in [0, 0.1) is 0 Å². The molecule has 0 radical (unpaired) electrons. The summed E-state index contributed by atoms with van der Waals surface area (Å²) in [6, 6.07) is 25.4. The molecule has 5 aromatic rings. The molecule has 33 heavy (non-hydrogen) atoms. The van der Waals surface area contributed by atoms with Gasteiger partial charge in [0.25, 0.3) is 0 Å². The Bertz CT molecular complexity index is 1580. The highest BCUT2D eigenvalue weighted by atomic mass is 16.5. The summed E-state index contributed by atoms with van der Waals surface area (Å²) in [7, 11) is 2.07. The van der Waals surface area contributed by atoms with Crippen molar-refractivity contribution in [3.05, 3.63) is 103 Å². The standard InChI is InChI=1S/C28H22N4O/c1-30-13-14-31(18-30)21-7-3-8-22(16-21)33-23-10-11-24-25-9-2-5-19-15-20-6-4-12-29-28(20)32(27(19)25)26(24)17-23/h2-14,16-17H,15,18H2,1H3. The molecule has 2 aliphatic rings. The van der Waals surface area contributed by atoms with Crippen molar-refractivity contribution in [2.24, 2.45) is 0 Å². The fourth-order valence-corrected chi connectivity index (χ4v) is 5.08. The summed E-state index contributed by atoms with van der Waals surface area (Å²) >= 11 is 0. The van der Waals surface area contributed by atoms with Crippen LogP contribution in [0.5, 0.6) is 11.5 Å². The van der Waals surface area contributed by atoms with Crippen LogP contribution >= 0.6 is 0 Å². The van der Waals surface area contributed by atoms with Crippen LogP contribution in [0.2, 0.25) is 0 Å². The van der Waals surface area contributed by atoms with E-state index in [1.54, 1.807) is 0 Å². The average Bonchev–Trinajstić information content (AvgIpc) is 3.42. The van der Waals surface area contributed by atoms with Gasteiger partial charge in [-0.1, -0.05) is 30.3 Å². The van der Waals surface area contributed by atoms with Gasteiger partial charge in [0.05, 0.1) is 17.7 Å². The van der Waals surface area contributed by atoms with Crippen molar-refractivity contribution in [1.29, 1.82) is 0 Å². The molecule has 0 N–H and O–H groups in total. The summed E-state index contributed by atoms with van der Waals surface area (Å²) in [5.74, 6) is 2.65. The molecule has 0 fully saturated rings. The van der Waals surface area contributed by atoms with Crippen LogP contribution in [-0.2, 0) is 6.42 Å².